The van der Waals surface area contributed by atoms with Crippen LogP contribution >= 0.6 is 12.2 Å². The lowest BCUT2D eigenvalue weighted by Crippen LogP contribution is -2.79. The van der Waals surface area contributed by atoms with E-state index in [9.17, 15) is 9.59 Å². The summed E-state index contributed by atoms with van der Waals surface area (Å²) in [5.74, 6) is 0.348. The first-order valence-electron chi connectivity index (χ1n) is 5.98. The number of thiocarbonyl (C=S) groups is 1. The molecule has 1 fully saturated rings. The summed E-state index contributed by atoms with van der Waals surface area (Å²) in [6.07, 6.45) is 1.99. The van der Waals surface area contributed by atoms with Gasteiger partial charge in [0.1, 0.15) is 0 Å². The van der Waals surface area contributed by atoms with Gasteiger partial charge in [-0.1, -0.05) is 13.3 Å². The van der Waals surface area contributed by atoms with Gasteiger partial charge in [0.05, 0.1) is 13.6 Å². The number of unbranched alkanes of at least 4 members (excludes halogenated alkanes) is 1. The van der Waals surface area contributed by atoms with Crippen molar-refractivity contribution in [3.05, 3.63) is 0 Å². The van der Waals surface area contributed by atoms with Gasteiger partial charge in [-0.05, 0) is 18.6 Å². The molecule has 3 amide bonds. The lowest BCUT2D eigenvalue weighted by Gasteiger charge is -2.31. The number of imide groups is 1. The number of carbonyl (C=O) groups excluding carboxylic acids is 2. The summed E-state index contributed by atoms with van der Waals surface area (Å²) in [5.41, 5.74) is 0. The van der Waals surface area contributed by atoms with Crippen molar-refractivity contribution >= 4 is 35.1 Å². The van der Waals surface area contributed by atoms with Crippen molar-refractivity contribution in [1.82, 2.24) is 14.7 Å². The molecule has 0 spiro atoms. The Morgan fingerprint density at radius 2 is 1.94 bits per heavy atom. The molecule has 2 heterocycles. The standard InChI is InChI=1S/C11H16N4O2S/c1-4-5-6-15-7-8(12-10(15)18)13(2)11(17)14(3)9(7)16/h7H,4-6H2,1-3H3/p+1. The summed E-state index contributed by atoms with van der Waals surface area (Å²) < 4.78 is 0. The maximum atomic E-state index is 12.2. The van der Waals surface area contributed by atoms with Gasteiger partial charge in [0.15, 0.2) is 0 Å². The highest BCUT2D eigenvalue weighted by Gasteiger charge is 2.53. The SMILES string of the molecule is CCCCN1C(=S)[NH+]=C2C1C(=O)N(C)C(=O)N2C. The van der Waals surface area contributed by atoms with E-state index in [-0.39, 0.29) is 11.9 Å². The van der Waals surface area contributed by atoms with Crippen LogP contribution in [0.4, 0.5) is 4.79 Å². The van der Waals surface area contributed by atoms with Crippen LogP contribution in [0.1, 0.15) is 19.8 Å². The molecule has 0 aromatic rings. The van der Waals surface area contributed by atoms with Gasteiger partial charge in [-0.25, -0.2) is 14.7 Å². The Morgan fingerprint density at radius 1 is 1.28 bits per heavy atom. The summed E-state index contributed by atoms with van der Waals surface area (Å²) in [4.78, 5) is 31.4. The summed E-state index contributed by atoms with van der Waals surface area (Å²) >= 11 is 5.24. The molecule has 7 heteroatoms. The molecule has 2 rings (SSSR count). The lowest BCUT2D eigenvalue weighted by atomic mass is 10.1. The quantitative estimate of drug-likeness (QED) is 0.651. The maximum Gasteiger partial charge on any atom is 0.388 e. The fourth-order valence-electron chi connectivity index (χ4n) is 2.20. The first-order valence-corrected chi connectivity index (χ1v) is 6.39. The second kappa shape index (κ2) is 4.64. The smallest absolute Gasteiger partial charge is 0.270 e. The number of rotatable bonds is 3. The zero-order chi connectivity index (χ0) is 13.4. The number of urea groups is 1. The van der Waals surface area contributed by atoms with Crippen LogP contribution in [0, 0.1) is 0 Å². The van der Waals surface area contributed by atoms with Crippen molar-refractivity contribution in [2.24, 2.45) is 0 Å². The van der Waals surface area contributed by atoms with Gasteiger partial charge in [-0.3, -0.25) is 14.6 Å². The maximum absolute atomic E-state index is 12.2. The van der Waals surface area contributed by atoms with Crippen molar-refractivity contribution in [1.29, 1.82) is 0 Å². The highest BCUT2D eigenvalue weighted by atomic mass is 32.1. The van der Waals surface area contributed by atoms with E-state index in [1.54, 1.807) is 7.05 Å². The van der Waals surface area contributed by atoms with Crippen LogP contribution in [0.5, 0.6) is 0 Å². The van der Waals surface area contributed by atoms with Crippen LogP contribution in [0.3, 0.4) is 0 Å². The largest absolute Gasteiger partial charge is 0.388 e. The Labute approximate surface area is 111 Å². The van der Waals surface area contributed by atoms with E-state index in [0.29, 0.717) is 10.9 Å². The van der Waals surface area contributed by atoms with Gasteiger partial charge in [-0.15, -0.1) is 0 Å². The molecule has 0 aromatic heterocycles. The van der Waals surface area contributed by atoms with E-state index in [1.165, 1.54) is 11.9 Å². The minimum Gasteiger partial charge on any atom is -0.270 e. The third kappa shape index (κ3) is 1.78. The molecule has 1 unspecified atom stereocenters. The first-order chi connectivity index (χ1) is 8.49. The molecular weight excluding hydrogens is 252 g/mol. The average Bonchev–Trinajstić information content (AvgIpc) is 2.68. The van der Waals surface area contributed by atoms with Crippen LogP contribution in [0.2, 0.25) is 0 Å². The van der Waals surface area contributed by atoms with Gasteiger partial charge >= 0.3 is 6.03 Å². The third-order valence-electron chi connectivity index (χ3n) is 3.32. The molecule has 98 valence electrons. The van der Waals surface area contributed by atoms with E-state index in [4.69, 9.17) is 12.2 Å². The number of hydrogen-bond donors (Lipinski definition) is 1. The van der Waals surface area contributed by atoms with Crippen LogP contribution < -0.4 is 4.99 Å². The normalized spacial score (nSPS) is 23.7. The van der Waals surface area contributed by atoms with Crippen molar-refractivity contribution in [3.8, 4) is 0 Å². The molecule has 0 aromatic carbocycles. The van der Waals surface area contributed by atoms with Gasteiger partial charge < -0.3 is 0 Å². The molecule has 2 aliphatic rings. The zero-order valence-electron chi connectivity index (χ0n) is 10.8. The first kappa shape index (κ1) is 12.9. The molecule has 6 nitrogen and oxygen atoms in total. The Kier molecular flexibility index (Phi) is 3.34. The lowest BCUT2D eigenvalue weighted by molar-refractivity contribution is -0.319. The van der Waals surface area contributed by atoms with E-state index >= 15 is 0 Å². The summed E-state index contributed by atoms with van der Waals surface area (Å²) in [5, 5.41) is 0.520. The molecule has 2 aliphatic heterocycles. The Morgan fingerprint density at radius 3 is 2.56 bits per heavy atom. The number of carbonyl (C=O) groups is 2. The van der Waals surface area contributed by atoms with Crippen molar-refractivity contribution in [2.75, 3.05) is 20.6 Å². The number of likely N-dealkylation sites (N-methyl/N-ethyl adjacent to an activating group) is 2. The van der Waals surface area contributed by atoms with Crippen molar-refractivity contribution < 1.29 is 14.6 Å². The molecular formula is C11H17N4O2S+. The fraction of sp³-hybridized carbons (Fsp3) is 0.636. The van der Waals surface area contributed by atoms with Gasteiger partial charge in [0.25, 0.3) is 16.9 Å². The summed E-state index contributed by atoms with van der Waals surface area (Å²) in [7, 11) is 3.14. The second-order valence-electron chi connectivity index (χ2n) is 4.50. The van der Waals surface area contributed by atoms with Gasteiger partial charge in [-0.2, -0.15) is 0 Å². The summed E-state index contributed by atoms with van der Waals surface area (Å²) in [6, 6.07) is -0.810. The number of nitrogens with zero attached hydrogens (tertiary/aromatic N) is 3. The van der Waals surface area contributed by atoms with Crippen LogP contribution in [0.25, 0.3) is 0 Å². The van der Waals surface area contributed by atoms with Crippen molar-refractivity contribution in [3.63, 3.8) is 0 Å². The third-order valence-corrected chi connectivity index (χ3v) is 3.66. The fourth-order valence-corrected chi connectivity index (χ4v) is 2.50. The molecule has 1 saturated heterocycles. The Hall–Kier alpha value is -1.50. The molecule has 0 aliphatic carbocycles. The van der Waals surface area contributed by atoms with E-state index in [0.717, 1.165) is 24.3 Å². The highest BCUT2D eigenvalue weighted by molar-refractivity contribution is 7.79. The monoisotopic (exact) mass is 269 g/mol. The summed E-state index contributed by atoms with van der Waals surface area (Å²) in [6.45, 7) is 2.81. The molecule has 18 heavy (non-hydrogen) atoms. The minimum atomic E-state index is -0.475. The van der Waals surface area contributed by atoms with Crippen LogP contribution in [-0.4, -0.2) is 64.3 Å². The number of fused-ring (bicyclic) bond motifs is 1. The van der Waals surface area contributed by atoms with E-state index < -0.39 is 6.04 Å². The molecule has 1 atom stereocenters. The predicted molar refractivity (Wildman–Crippen MR) is 69.9 cm³/mol. The second-order valence-corrected chi connectivity index (χ2v) is 4.89. The van der Waals surface area contributed by atoms with Gasteiger partial charge in [0, 0.05) is 7.05 Å². The molecule has 1 N–H and O–H groups in total. The van der Waals surface area contributed by atoms with E-state index in [2.05, 4.69) is 11.9 Å². The Bertz CT molecular complexity index is 448. The minimum absolute atomic E-state index is 0.225. The highest BCUT2D eigenvalue weighted by Crippen LogP contribution is 2.16. The van der Waals surface area contributed by atoms with Crippen molar-refractivity contribution in [2.45, 2.75) is 25.8 Å². The number of nitrogens with one attached hydrogen (secondary N) is 1. The topological polar surface area (TPSA) is 57.8 Å². The predicted octanol–water partition coefficient (Wildman–Crippen LogP) is -1.24. The van der Waals surface area contributed by atoms with E-state index in [1.807, 2.05) is 4.90 Å². The zero-order valence-corrected chi connectivity index (χ0v) is 11.6. The van der Waals surface area contributed by atoms with Gasteiger partial charge in [0.2, 0.25) is 6.04 Å². The van der Waals surface area contributed by atoms with Crippen LogP contribution in [-0.2, 0) is 4.79 Å². The average molecular weight is 269 g/mol. The Balaban J connectivity index is 2.30. The van der Waals surface area contributed by atoms with Crippen LogP contribution in [0.15, 0.2) is 0 Å². The number of amides is 3. The molecule has 0 bridgehead atoms. The number of amidine groups is 1. The molecule has 0 saturated carbocycles. The number of hydrogen-bond acceptors (Lipinski definition) is 3. The molecule has 0 radical (unpaired) electrons.